The van der Waals surface area contributed by atoms with Crippen molar-refractivity contribution < 1.29 is 29.0 Å². The van der Waals surface area contributed by atoms with Crippen molar-refractivity contribution in [3.8, 4) is 0 Å². The minimum atomic E-state index is -1.16. The van der Waals surface area contributed by atoms with E-state index in [4.69, 9.17) is 9.47 Å². The smallest absolute Gasteiger partial charge is 0.477 e. The van der Waals surface area contributed by atoms with Crippen LogP contribution in [0.1, 0.15) is 27.2 Å². The molecule has 1 amide bonds. The Kier molecular flexibility index (Phi) is 4.46. The number of thioether (sulfide) groups is 1. The second-order valence-corrected chi connectivity index (χ2v) is 6.48. The van der Waals surface area contributed by atoms with Crippen LogP contribution >= 0.6 is 11.8 Å². The molecule has 0 spiro atoms. The third-order valence-corrected chi connectivity index (χ3v) is 4.62. The van der Waals surface area contributed by atoms with Crippen LogP contribution in [-0.2, 0) is 19.1 Å². The van der Waals surface area contributed by atoms with Crippen molar-refractivity contribution in [2.24, 2.45) is 0 Å². The van der Waals surface area contributed by atoms with Gasteiger partial charge in [-0.25, -0.2) is 9.59 Å². The first-order chi connectivity index (χ1) is 9.79. The molecule has 0 aromatic carbocycles. The third-order valence-electron chi connectivity index (χ3n) is 3.10. The SMILES string of the molecule is CC(C)OC(=O)OC(C)C1C=C(C(=O)O)N2C(=O)C[C@H]2S1. The van der Waals surface area contributed by atoms with Crippen LogP contribution in [0.4, 0.5) is 4.79 Å². The molecule has 3 atom stereocenters. The van der Waals surface area contributed by atoms with Crippen LogP contribution < -0.4 is 0 Å². The lowest BCUT2D eigenvalue weighted by Gasteiger charge is -2.45. The number of fused-ring (bicyclic) bond motifs is 1. The summed E-state index contributed by atoms with van der Waals surface area (Å²) < 4.78 is 10.0. The maximum atomic E-state index is 11.5. The van der Waals surface area contributed by atoms with Crippen molar-refractivity contribution in [3.05, 3.63) is 11.8 Å². The highest BCUT2D eigenvalue weighted by Crippen LogP contribution is 2.41. The van der Waals surface area contributed by atoms with Gasteiger partial charge < -0.3 is 14.6 Å². The van der Waals surface area contributed by atoms with E-state index in [2.05, 4.69) is 0 Å². The molecule has 0 aliphatic carbocycles. The lowest BCUT2D eigenvalue weighted by atomic mass is 10.1. The maximum absolute atomic E-state index is 11.5. The van der Waals surface area contributed by atoms with Gasteiger partial charge in [-0.3, -0.25) is 9.69 Å². The molecule has 0 aromatic rings. The van der Waals surface area contributed by atoms with Crippen LogP contribution in [0.5, 0.6) is 0 Å². The predicted molar refractivity (Wildman–Crippen MR) is 74.5 cm³/mol. The Labute approximate surface area is 126 Å². The number of carboxylic acids is 1. The van der Waals surface area contributed by atoms with Gasteiger partial charge in [-0.2, -0.15) is 0 Å². The second kappa shape index (κ2) is 5.97. The van der Waals surface area contributed by atoms with Gasteiger partial charge in [-0.05, 0) is 26.8 Å². The van der Waals surface area contributed by atoms with Crippen LogP contribution in [0.15, 0.2) is 11.8 Å². The van der Waals surface area contributed by atoms with E-state index in [1.54, 1.807) is 20.8 Å². The van der Waals surface area contributed by atoms with Crippen LogP contribution in [0.3, 0.4) is 0 Å². The second-order valence-electron chi connectivity index (χ2n) is 5.12. The summed E-state index contributed by atoms with van der Waals surface area (Å²) in [6.07, 6.45) is 0.139. The zero-order chi connectivity index (χ0) is 15.7. The average Bonchev–Trinajstić information content (AvgIpc) is 2.34. The number of carbonyl (C=O) groups is 3. The average molecular weight is 315 g/mol. The molecule has 2 aliphatic heterocycles. The van der Waals surface area contributed by atoms with E-state index >= 15 is 0 Å². The lowest BCUT2D eigenvalue weighted by Crippen LogP contribution is -2.55. The molecule has 0 radical (unpaired) electrons. The fraction of sp³-hybridized carbons (Fsp3) is 0.615. The van der Waals surface area contributed by atoms with E-state index in [-0.39, 0.29) is 28.3 Å². The largest absolute Gasteiger partial charge is 0.508 e. The number of carboxylic acid groups (broad SMARTS) is 1. The zero-order valence-electron chi connectivity index (χ0n) is 11.9. The molecule has 21 heavy (non-hydrogen) atoms. The van der Waals surface area contributed by atoms with E-state index in [0.29, 0.717) is 6.42 Å². The van der Waals surface area contributed by atoms with Crippen molar-refractivity contribution >= 4 is 29.8 Å². The van der Waals surface area contributed by atoms with Gasteiger partial charge in [0.1, 0.15) is 11.8 Å². The Bertz CT molecular complexity index is 503. The quantitative estimate of drug-likeness (QED) is 0.622. The molecule has 0 aromatic heterocycles. The van der Waals surface area contributed by atoms with Crippen molar-refractivity contribution in [2.75, 3.05) is 0 Å². The molecule has 2 unspecified atom stereocenters. The Morgan fingerprint density at radius 1 is 1.38 bits per heavy atom. The summed E-state index contributed by atoms with van der Waals surface area (Å²) >= 11 is 1.41. The summed E-state index contributed by atoms with van der Waals surface area (Å²) in [6, 6.07) is 0. The molecular formula is C13H17NO6S. The molecular weight excluding hydrogens is 298 g/mol. The van der Waals surface area contributed by atoms with Gasteiger partial charge in [0.25, 0.3) is 0 Å². The van der Waals surface area contributed by atoms with E-state index in [1.165, 1.54) is 22.7 Å². The topological polar surface area (TPSA) is 93.1 Å². The number of hydrogen-bond acceptors (Lipinski definition) is 6. The van der Waals surface area contributed by atoms with Crippen LogP contribution in [0.25, 0.3) is 0 Å². The fourth-order valence-corrected chi connectivity index (χ4v) is 3.54. The standard InChI is InChI=1S/C13H17NO6S/c1-6(2)19-13(18)20-7(3)9-4-8(12(16)17)14-10(15)5-11(14)21-9/h4,6-7,9,11H,5H2,1-3H3,(H,16,17)/t7?,9?,11-/m1/s1. The summed E-state index contributed by atoms with van der Waals surface area (Å²) in [4.78, 5) is 35.4. The number of amides is 1. The zero-order valence-corrected chi connectivity index (χ0v) is 12.8. The fourth-order valence-electron chi connectivity index (χ4n) is 2.10. The van der Waals surface area contributed by atoms with Crippen molar-refractivity contribution in [3.63, 3.8) is 0 Å². The molecule has 2 heterocycles. The Morgan fingerprint density at radius 3 is 2.57 bits per heavy atom. The van der Waals surface area contributed by atoms with Gasteiger partial charge in [-0.1, -0.05) is 0 Å². The highest BCUT2D eigenvalue weighted by molar-refractivity contribution is 8.00. The van der Waals surface area contributed by atoms with Gasteiger partial charge in [0.05, 0.1) is 23.1 Å². The van der Waals surface area contributed by atoms with Crippen LogP contribution in [0.2, 0.25) is 0 Å². The highest BCUT2D eigenvalue weighted by Gasteiger charge is 2.46. The highest BCUT2D eigenvalue weighted by atomic mass is 32.2. The van der Waals surface area contributed by atoms with Crippen LogP contribution in [-0.4, -0.2) is 50.9 Å². The molecule has 2 rings (SSSR count). The summed E-state index contributed by atoms with van der Waals surface area (Å²) in [7, 11) is 0. The maximum Gasteiger partial charge on any atom is 0.508 e. The number of hydrogen-bond donors (Lipinski definition) is 1. The lowest BCUT2D eigenvalue weighted by molar-refractivity contribution is -0.146. The summed E-state index contributed by atoms with van der Waals surface area (Å²) in [5.41, 5.74) is -0.0484. The summed E-state index contributed by atoms with van der Waals surface area (Å²) in [5.74, 6) is -1.36. The number of β-lactam (4-membered cyclic amide) rings is 1. The van der Waals surface area contributed by atoms with E-state index in [1.807, 2.05) is 0 Å². The van der Waals surface area contributed by atoms with Gasteiger partial charge in [0.2, 0.25) is 5.91 Å². The summed E-state index contributed by atoms with van der Waals surface area (Å²) in [5, 5.41) is 8.64. The van der Waals surface area contributed by atoms with Crippen molar-refractivity contribution in [2.45, 2.75) is 50.0 Å². The van der Waals surface area contributed by atoms with E-state index in [9.17, 15) is 19.5 Å². The normalized spacial score (nSPS) is 25.6. The predicted octanol–water partition coefficient (Wildman–Crippen LogP) is 1.58. The third kappa shape index (κ3) is 3.31. The van der Waals surface area contributed by atoms with Crippen LogP contribution in [0, 0.1) is 0 Å². The molecule has 0 bridgehead atoms. The first-order valence-electron chi connectivity index (χ1n) is 6.59. The van der Waals surface area contributed by atoms with Gasteiger partial charge >= 0.3 is 12.1 Å². The number of ether oxygens (including phenoxy) is 2. The number of nitrogens with zero attached hydrogens (tertiary/aromatic N) is 1. The molecule has 116 valence electrons. The van der Waals surface area contributed by atoms with Crippen molar-refractivity contribution in [1.29, 1.82) is 0 Å². The summed E-state index contributed by atoms with van der Waals surface area (Å²) in [6.45, 7) is 5.09. The first-order valence-corrected chi connectivity index (χ1v) is 7.53. The van der Waals surface area contributed by atoms with Gasteiger partial charge in [-0.15, -0.1) is 11.8 Å². The Morgan fingerprint density at radius 2 is 2.05 bits per heavy atom. The monoisotopic (exact) mass is 315 g/mol. The molecule has 1 saturated heterocycles. The first kappa shape index (κ1) is 15.7. The minimum Gasteiger partial charge on any atom is -0.477 e. The van der Waals surface area contributed by atoms with Crippen molar-refractivity contribution in [1.82, 2.24) is 4.90 Å². The number of rotatable bonds is 4. The molecule has 7 nitrogen and oxygen atoms in total. The van der Waals surface area contributed by atoms with E-state index < -0.39 is 18.2 Å². The van der Waals surface area contributed by atoms with Gasteiger partial charge in [0.15, 0.2) is 0 Å². The molecule has 2 aliphatic rings. The molecule has 0 saturated carbocycles. The Hall–Kier alpha value is -1.70. The Balaban J connectivity index is 2.06. The molecule has 8 heteroatoms. The molecule has 1 fully saturated rings. The number of aliphatic carboxylic acids is 1. The minimum absolute atomic E-state index is 0.0484. The molecule has 1 N–H and O–H groups in total. The van der Waals surface area contributed by atoms with Gasteiger partial charge in [0, 0.05) is 0 Å². The van der Waals surface area contributed by atoms with E-state index in [0.717, 1.165) is 0 Å². The number of carbonyl (C=O) groups excluding carboxylic acids is 2.